The Balaban J connectivity index is 2.79. The van der Waals surface area contributed by atoms with E-state index in [0.29, 0.717) is 17.8 Å². The summed E-state index contributed by atoms with van der Waals surface area (Å²) in [5, 5.41) is 0. The number of rotatable bonds is 3. The van der Waals surface area contributed by atoms with Gasteiger partial charge in [0.2, 0.25) is 0 Å². The molecule has 1 atom stereocenters. The van der Waals surface area contributed by atoms with Gasteiger partial charge in [-0.3, -0.25) is 0 Å². The van der Waals surface area contributed by atoms with Gasteiger partial charge < -0.3 is 4.42 Å². The summed E-state index contributed by atoms with van der Waals surface area (Å²) in [7, 11) is 0. The van der Waals surface area contributed by atoms with Gasteiger partial charge >= 0.3 is 0 Å². The van der Waals surface area contributed by atoms with E-state index in [2.05, 4.69) is 40.7 Å². The molecule has 1 aromatic heterocycles. The third-order valence-electron chi connectivity index (χ3n) is 2.76. The maximum Gasteiger partial charge on any atom is 0.107 e. The van der Waals surface area contributed by atoms with Crippen molar-refractivity contribution in [3.63, 3.8) is 0 Å². The molecule has 0 N–H and O–H groups in total. The Labute approximate surface area is 81.1 Å². The first-order valence-corrected chi connectivity index (χ1v) is 5.10. The molecule has 1 rings (SSSR count). The maximum absolute atomic E-state index is 5.55. The molecule has 1 heteroatoms. The molecular weight excluding hydrogens is 160 g/mol. The van der Waals surface area contributed by atoms with E-state index in [1.807, 2.05) is 6.26 Å². The van der Waals surface area contributed by atoms with Crippen LogP contribution in [0.25, 0.3) is 0 Å². The van der Waals surface area contributed by atoms with E-state index in [1.54, 1.807) is 0 Å². The summed E-state index contributed by atoms with van der Waals surface area (Å²) in [6.45, 7) is 11.0. The molecule has 0 radical (unpaired) electrons. The molecule has 0 spiro atoms. The van der Waals surface area contributed by atoms with Gasteiger partial charge in [-0.05, 0) is 23.5 Å². The van der Waals surface area contributed by atoms with Crippen molar-refractivity contribution in [2.45, 2.75) is 46.5 Å². The van der Waals surface area contributed by atoms with Crippen LogP contribution in [0.3, 0.4) is 0 Å². The van der Waals surface area contributed by atoms with E-state index < -0.39 is 0 Å². The smallest absolute Gasteiger partial charge is 0.107 e. The molecule has 1 nitrogen and oxygen atoms in total. The predicted octanol–water partition coefficient (Wildman–Crippen LogP) is 4.16. The molecule has 0 aliphatic rings. The molecule has 1 heterocycles. The summed E-state index contributed by atoms with van der Waals surface area (Å²) in [5.41, 5.74) is 1.31. The van der Waals surface area contributed by atoms with Crippen LogP contribution in [0.1, 0.15) is 57.8 Å². The SMILES string of the molecule is CC(C)c1coc(C(C)C(C)C)c1. The van der Waals surface area contributed by atoms with Crippen LogP contribution in [-0.4, -0.2) is 0 Å². The van der Waals surface area contributed by atoms with Crippen LogP contribution in [0.4, 0.5) is 0 Å². The molecular formula is C12H20O. The van der Waals surface area contributed by atoms with Gasteiger partial charge in [0.25, 0.3) is 0 Å². The van der Waals surface area contributed by atoms with E-state index in [9.17, 15) is 0 Å². The molecule has 0 saturated heterocycles. The Morgan fingerprint density at radius 2 is 1.69 bits per heavy atom. The zero-order valence-electron chi connectivity index (χ0n) is 9.29. The summed E-state index contributed by atoms with van der Waals surface area (Å²) in [5.74, 6) is 2.86. The monoisotopic (exact) mass is 180 g/mol. The molecule has 74 valence electrons. The highest BCUT2D eigenvalue weighted by atomic mass is 16.3. The molecule has 1 unspecified atom stereocenters. The van der Waals surface area contributed by atoms with Gasteiger partial charge in [-0.1, -0.05) is 34.6 Å². The van der Waals surface area contributed by atoms with E-state index >= 15 is 0 Å². The standard InChI is InChI=1S/C12H20O/c1-8(2)10(5)12-6-11(7-13-12)9(3)4/h6-10H,1-5H3. The maximum atomic E-state index is 5.55. The Bertz CT molecular complexity index is 258. The average molecular weight is 180 g/mol. The molecule has 0 bridgehead atoms. The number of hydrogen-bond acceptors (Lipinski definition) is 1. The summed E-state index contributed by atoms with van der Waals surface area (Å²) in [4.78, 5) is 0. The van der Waals surface area contributed by atoms with E-state index in [1.165, 1.54) is 5.56 Å². The first-order chi connectivity index (χ1) is 6.02. The van der Waals surface area contributed by atoms with Gasteiger partial charge in [0.15, 0.2) is 0 Å². The first kappa shape index (κ1) is 10.4. The van der Waals surface area contributed by atoms with Crippen LogP contribution in [-0.2, 0) is 0 Å². The topological polar surface area (TPSA) is 13.1 Å². The lowest BCUT2D eigenvalue weighted by molar-refractivity contribution is 0.414. The Hall–Kier alpha value is -0.720. The minimum Gasteiger partial charge on any atom is -0.469 e. The highest BCUT2D eigenvalue weighted by Gasteiger charge is 2.14. The number of hydrogen-bond donors (Lipinski definition) is 0. The Morgan fingerprint density at radius 3 is 2.08 bits per heavy atom. The van der Waals surface area contributed by atoms with E-state index in [-0.39, 0.29) is 0 Å². The van der Waals surface area contributed by atoms with Crippen LogP contribution in [0.15, 0.2) is 16.7 Å². The molecule has 0 saturated carbocycles. The van der Waals surface area contributed by atoms with Gasteiger partial charge in [0.1, 0.15) is 5.76 Å². The fraction of sp³-hybridized carbons (Fsp3) is 0.667. The van der Waals surface area contributed by atoms with Crippen molar-refractivity contribution in [3.05, 3.63) is 23.7 Å². The van der Waals surface area contributed by atoms with Crippen molar-refractivity contribution in [1.29, 1.82) is 0 Å². The van der Waals surface area contributed by atoms with Crippen molar-refractivity contribution < 1.29 is 4.42 Å². The first-order valence-electron chi connectivity index (χ1n) is 5.10. The van der Waals surface area contributed by atoms with Crippen molar-refractivity contribution >= 4 is 0 Å². The van der Waals surface area contributed by atoms with Crippen LogP contribution in [0.5, 0.6) is 0 Å². The lowest BCUT2D eigenvalue weighted by atomic mass is 9.94. The fourth-order valence-corrected chi connectivity index (χ4v) is 1.24. The normalized spacial score (nSPS) is 14.1. The molecule has 13 heavy (non-hydrogen) atoms. The average Bonchev–Trinajstić information content (AvgIpc) is 2.50. The zero-order valence-corrected chi connectivity index (χ0v) is 9.29. The minimum atomic E-state index is 0.521. The quantitative estimate of drug-likeness (QED) is 0.680. The summed E-state index contributed by atoms with van der Waals surface area (Å²) >= 11 is 0. The van der Waals surface area contributed by atoms with Crippen LogP contribution >= 0.6 is 0 Å². The molecule has 1 aromatic rings. The minimum absolute atomic E-state index is 0.521. The second kappa shape index (κ2) is 3.99. The van der Waals surface area contributed by atoms with Crippen LogP contribution in [0, 0.1) is 5.92 Å². The Morgan fingerprint density at radius 1 is 1.08 bits per heavy atom. The summed E-state index contributed by atoms with van der Waals surface area (Å²) in [6.07, 6.45) is 1.89. The zero-order chi connectivity index (χ0) is 10.0. The number of furan rings is 1. The van der Waals surface area contributed by atoms with E-state index in [4.69, 9.17) is 4.42 Å². The molecule has 0 amide bonds. The van der Waals surface area contributed by atoms with Crippen LogP contribution in [0.2, 0.25) is 0 Å². The van der Waals surface area contributed by atoms with Gasteiger partial charge in [-0.2, -0.15) is 0 Å². The predicted molar refractivity (Wildman–Crippen MR) is 56.1 cm³/mol. The molecule has 0 aromatic carbocycles. The largest absolute Gasteiger partial charge is 0.469 e. The highest BCUT2D eigenvalue weighted by Crippen LogP contribution is 2.27. The van der Waals surface area contributed by atoms with E-state index in [0.717, 1.165) is 5.76 Å². The van der Waals surface area contributed by atoms with Crippen molar-refractivity contribution in [3.8, 4) is 0 Å². The van der Waals surface area contributed by atoms with Crippen molar-refractivity contribution in [1.82, 2.24) is 0 Å². The second-order valence-electron chi connectivity index (χ2n) is 4.47. The fourth-order valence-electron chi connectivity index (χ4n) is 1.24. The molecule has 0 fully saturated rings. The summed E-state index contributed by atoms with van der Waals surface area (Å²) in [6, 6.07) is 2.19. The third kappa shape index (κ3) is 2.36. The van der Waals surface area contributed by atoms with Crippen molar-refractivity contribution in [2.75, 3.05) is 0 Å². The van der Waals surface area contributed by atoms with Gasteiger partial charge in [-0.15, -0.1) is 0 Å². The van der Waals surface area contributed by atoms with Crippen LogP contribution < -0.4 is 0 Å². The van der Waals surface area contributed by atoms with Gasteiger partial charge in [0, 0.05) is 5.92 Å². The third-order valence-corrected chi connectivity index (χ3v) is 2.76. The van der Waals surface area contributed by atoms with Crippen molar-refractivity contribution in [2.24, 2.45) is 5.92 Å². The van der Waals surface area contributed by atoms with Gasteiger partial charge in [0.05, 0.1) is 6.26 Å². The lowest BCUT2D eigenvalue weighted by Gasteiger charge is -2.11. The second-order valence-corrected chi connectivity index (χ2v) is 4.47. The highest BCUT2D eigenvalue weighted by molar-refractivity contribution is 5.18. The molecule has 0 aliphatic carbocycles. The van der Waals surface area contributed by atoms with Gasteiger partial charge in [-0.25, -0.2) is 0 Å². The summed E-state index contributed by atoms with van der Waals surface area (Å²) < 4.78 is 5.55. The lowest BCUT2D eigenvalue weighted by Crippen LogP contribution is -2.00. The Kier molecular flexibility index (Phi) is 3.18. The molecule has 0 aliphatic heterocycles.